The maximum atomic E-state index is 10.9. The zero-order valence-electron chi connectivity index (χ0n) is 9.10. The van der Waals surface area contributed by atoms with Gasteiger partial charge in [-0.3, -0.25) is 10.1 Å². The number of rotatable bonds is 4. The van der Waals surface area contributed by atoms with E-state index >= 15 is 0 Å². The van der Waals surface area contributed by atoms with Gasteiger partial charge in [0.1, 0.15) is 6.10 Å². The van der Waals surface area contributed by atoms with E-state index in [9.17, 15) is 10.1 Å². The van der Waals surface area contributed by atoms with Crippen molar-refractivity contribution in [1.82, 2.24) is 0 Å². The lowest BCUT2D eigenvalue weighted by atomic mass is 10.2. The Morgan fingerprint density at radius 1 is 1.59 bits per heavy atom. The second-order valence-electron chi connectivity index (χ2n) is 3.80. The summed E-state index contributed by atoms with van der Waals surface area (Å²) in [6, 6.07) is 4.66. The van der Waals surface area contributed by atoms with Gasteiger partial charge >= 0.3 is 5.69 Å². The van der Waals surface area contributed by atoms with Crippen molar-refractivity contribution < 1.29 is 14.4 Å². The molecule has 1 aromatic carbocycles. The van der Waals surface area contributed by atoms with Crippen molar-refractivity contribution in [1.29, 1.82) is 0 Å². The first-order chi connectivity index (χ1) is 8.20. The molecule has 92 valence electrons. The van der Waals surface area contributed by atoms with Gasteiger partial charge in [0.15, 0.2) is 5.75 Å². The quantitative estimate of drug-likeness (QED) is 0.472. The number of hydrogen-bond acceptors (Lipinski definition) is 4. The molecule has 0 saturated carbocycles. The van der Waals surface area contributed by atoms with E-state index in [4.69, 9.17) is 21.1 Å². The van der Waals surface area contributed by atoms with Crippen molar-refractivity contribution in [3.05, 3.63) is 33.9 Å². The van der Waals surface area contributed by atoms with E-state index in [1.54, 1.807) is 12.1 Å². The molecule has 5 nitrogen and oxygen atoms in total. The molecule has 0 spiro atoms. The van der Waals surface area contributed by atoms with Crippen LogP contribution in [0.3, 0.4) is 0 Å². The van der Waals surface area contributed by atoms with Crippen molar-refractivity contribution in [3.63, 3.8) is 0 Å². The highest BCUT2D eigenvalue weighted by Gasteiger charge is 2.22. The van der Waals surface area contributed by atoms with E-state index in [2.05, 4.69) is 0 Å². The van der Waals surface area contributed by atoms with Crippen LogP contribution >= 0.6 is 11.6 Å². The van der Waals surface area contributed by atoms with Crippen LogP contribution in [-0.4, -0.2) is 24.2 Å². The summed E-state index contributed by atoms with van der Waals surface area (Å²) in [6.07, 6.45) is 0.640. The molecular formula is C11H12ClNO4. The van der Waals surface area contributed by atoms with Gasteiger partial charge in [-0.25, -0.2) is 0 Å². The SMILES string of the molecule is O=[N+]([O-])c1ccc(CCl)cc1OC1CCOC1. The Kier molecular flexibility index (Phi) is 3.81. The lowest BCUT2D eigenvalue weighted by molar-refractivity contribution is -0.386. The third kappa shape index (κ3) is 2.87. The molecule has 0 bridgehead atoms. The van der Waals surface area contributed by atoms with Crippen molar-refractivity contribution >= 4 is 17.3 Å². The smallest absolute Gasteiger partial charge is 0.310 e. The Hall–Kier alpha value is -1.33. The fourth-order valence-corrected chi connectivity index (χ4v) is 1.84. The summed E-state index contributed by atoms with van der Waals surface area (Å²) in [5.74, 6) is 0.568. The maximum Gasteiger partial charge on any atom is 0.310 e. The fraction of sp³-hybridized carbons (Fsp3) is 0.455. The third-order valence-corrected chi connectivity index (χ3v) is 2.87. The van der Waals surface area contributed by atoms with Gasteiger partial charge < -0.3 is 9.47 Å². The summed E-state index contributed by atoms with van der Waals surface area (Å²) in [5.41, 5.74) is 0.761. The van der Waals surface area contributed by atoms with E-state index in [0.717, 1.165) is 12.0 Å². The van der Waals surface area contributed by atoms with Crippen LogP contribution in [0.15, 0.2) is 18.2 Å². The molecule has 0 aromatic heterocycles. The molecule has 6 heteroatoms. The highest BCUT2D eigenvalue weighted by Crippen LogP contribution is 2.30. The second-order valence-corrected chi connectivity index (χ2v) is 4.06. The van der Waals surface area contributed by atoms with E-state index in [0.29, 0.717) is 19.1 Å². The molecule has 0 amide bonds. The van der Waals surface area contributed by atoms with Crippen LogP contribution < -0.4 is 4.74 Å². The molecule has 1 aliphatic rings. The van der Waals surface area contributed by atoms with Crippen molar-refractivity contribution in [3.8, 4) is 5.75 Å². The van der Waals surface area contributed by atoms with Gasteiger partial charge in [0, 0.05) is 18.4 Å². The van der Waals surface area contributed by atoms with Gasteiger partial charge in [0.05, 0.1) is 18.1 Å². The van der Waals surface area contributed by atoms with Crippen LogP contribution in [0.2, 0.25) is 0 Å². The van der Waals surface area contributed by atoms with Crippen LogP contribution in [-0.2, 0) is 10.6 Å². The minimum Gasteiger partial charge on any atom is -0.481 e. The normalized spacial score (nSPS) is 19.2. The average molecular weight is 258 g/mol. The average Bonchev–Trinajstić information content (AvgIpc) is 2.81. The van der Waals surface area contributed by atoms with Gasteiger partial charge in [-0.05, 0) is 11.6 Å². The molecule has 1 atom stereocenters. The topological polar surface area (TPSA) is 61.6 Å². The number of halogens is 1. The molecule has 0 N–H and O–H groups in total. The largest absolute Gasteiger partial charge is 0.481 e. The Morgan fingerprint density at radius 2 is 2.41 bits per heavy atom. The highest BCUT2D eigenvalue weighted by atomic mass is 35.5. The van der Waals surface area contributed by atoms with Crippen molar-refractivity contribution in [2.75, 3.05) is 13.2 Å². The molecule has 2 rings (SSSR count). The summed E-state index contributed by atoms with van der Waals surface area (Å²) in [4.78, 5) is 10.4. The number of nitrogens with zero attached hydrogens (tertiary/aromatic N) is 1. The predicted octanol–water partition coefficient (Wildman–Crippen LogP) is 2.50. The first kappa shape index (κ1) is 12.1. The van der Waals surface area contributed by atoms with Crippen molar-refractivity contribution in [2.45, 2.75) is 18.4 Å². The van der Waals surface area contributed by atoms with E-state index in [1.165, 1.54) is 6.07 Å². The highest BCUT2D eigenvalue weighted by molar-refractivity contribution is 6.17. The standard InChI is InChI=1S/C11H12ClNO4/c12-6-8-1-2-10(13(14)15)11(5-8)17-9-3-4-16-7-9/h1-2,5,9H,3-4,6-7H2. The number of nitro groups is 1. The summed E-state index contributed by atoms with van der Waals surface area (Å²) < 4.78 is 10.8. The molecule has 1 aliphatic heterocycles. The maximum absolute atomic E-state index is 10.9. The summed E-state index contributed by atoms with van der Waals surface area (Å²) in [7, 11) is 0. The van der Waals surface area contributed by atoms with Crippen LogP contribution in [0.4, 0.5) is 5.69 Å². The minimum absolute atomic E-state index is 0.0363. The number of ether oxygens (including phenoxy) is 2. The lowest BCUT2D eigenvalue weighted by Crippen LogP contribution is -2.16. The number of hydrogen-bond donors (Lipinski definition) is 0. The molecule has 17 heavy (non-hydrogen) atoms. The zero-order chi connectivity index (χ0) is 12.3. The Balaban J connectivity index is 2.24. The van der Waals surface area contributed by atoms with Gasteiger partial charge in [-0.2, -0.15) is 0 Å². The predicted molar refractivity (Wildman–Crippen MR) is 62.5 cm³/mol. The van der Waals surface area contributed by atoms with Crippen LogP contribution in [0, 0.1) is 10.1 Å². The molecule has 1 fully saturated rings. The molecule has 1 aromatic rings. The fourth-order valence-electron chi connectivity index (χ4n) is 1.67. The third-order valence-electron chi connectivity index (χ3n) is 2.56. The van der Waals surface area contributed by atoms with Crippen LogP contribution in [0.25, 0.3) is 0 Å². The van der Waals surface area contributed by atoms with Gasteiger partial charge in [-0.15, -0.1) is 11.6 Å². The molecular weight excluding hydrogens is 246 g/mol. The molecule has 0 radical (unpaired) electrons. The number of nitro benzene ring substituents is 1. The van der Waals surface area contributed by atoms with E-state index in [-0.39, 0.29) is 17.5 Å². The van der Waals surface area contributed by atoms with Gasteiger partial charge in [-0.1, -0.05) is 6.07 Å². The molecule has 0 aliphatic carbocycles. The summed E-state index contributed by atoms with van der Waals surface area (Å²) in [6.45, 7) is 1.11. The molecule has 1 heterocycles. The van der Waals surface area contributed by atoms with Gasteiger partial charge in [0.25, 0.3) is 0 Å². The van der Waals surface area contributed by atoms with Gasteiger partial charge in [0.2, 0.25) is 0 Å². The monoisotopic (exact) mass is 257 g/mol. The minimum atomic E-state index is -0.455. The Labute approximate surface area is 103 Å². The first-order valence-corrected chi connectivity index (χ1v) is 5.82. The molecule has 1 unspecified atom stereocenters. The molecule has 1 saturated heterocycles. The summed E-state index contributed by atoms with van der Waals surface area (Å²) >= 11 is 5.70. The number of alkyl halides is 1. The number of benzene rings is 1. The second kappa shape index (κ2) is 5.33. The van der Waals surface area contributed by atoms with Crippen LogP contribution in [0.1, 0.15) is 12.0 Å². The Bertz CT molecular complexity index is 418. The summed E-state index contributed by atoms with van der Waals surface area (Å²) in [5, 5.41) is 10.9. The van der Waals surface area contributed by atoms with Crippen molar-refractivity contribution in [2.24, 2.45) is 0 Å². The van der Waals surface area contributed by atoms with E-state index < -0.39 is 4.92 Å². The van der Waals surface area contributed by atoms with Crippen LogP contribution in [0.5, 0.6) is 5.75 Å². The van der Waals surface area contributed by atoms with E-state index in [1.807, 2.05) is 0 Å². The zero-order valence-corrected chi connectivity index (χ0v) is 9.85. The Morgan fingerprint density at radius 3 is 3.00 bits per heavy atom. The lowest BCUT2D eigenvalue weighted by Gasteiger charge is -2.12. The first-order valence-electron chi connectivity index (χ1n) is 5.28.